The van der Waals surface area contributed by atoms with Crippen molar-refractivity contribution >= 4 is 5.91 Å². The molecule has 13 heavy (non-hydrogen) atoms. The maximum Gasteiger partial charge on any atom is 0.282 e. The van der Waals surface area contributed by atoms with Gasteiger partial charge in [0.15, 0.2) is 5.83 Å². The molecule has 0 aromatic carbocycles. The standard InChI is InChI=1S/C10H16FNO/c1-8(2)9(11)10(13)12-6-4-3-5-7-12/h3-7H2,1-2H3. The van der Waals surface area contributed by atoms with Crippen LogP contribution in [0, 0.1) is 0 Å². The molecular formula is C10H16FNO. The second-order valence-electron chi connectivity index (χ2n) is 3.67. The predicted molar refractivity (Wildman–Crippen MR) is 49.9 cm³/mol. The Kier molecular flexibility index (Phi) is 3.46. The van der Waals surface area contributed by atoms with Crippen molar-refractivity contribution < 1.29 is 9.18 Å². The van der Waals surface area contributed by atoms with E-state index >= 15 is 0 Å². The van der Waals surface area contributed by atoms with E-state index in [1.54, 1.807) is 18.7 Å². The van der Waals surface area contributed by atoms with E-state index < -0.39 is 11.7 Å². The molecule has 0 spiro atoms. The number of carbonyl (C=O) groups excluding carboxylic acids is 1. The van der Waals surface area contributed by atoms with Crippen LogP contribution in [0.15, 0.2) is 11.4 Å². The van der Waals surface area contributed by atoms with Gasteiger partial charge in [-0.1, -0.05) is 0 Å². The van der Waals surface area contributed by atoms with Crippen LogP contribution in [0.5, 0.6) is 0 Å². The number of hydrogen-bond donors (Lipinski definition) is 0. The largest absolute Gasteiger partial charge is 0.337 e. The van der Waals surface area contributed by atoms with Crippen LogP contribution in [0.2, 0.25) is 0 Å². The van der Waals surface area contributed by atoms with Gasteiger partial charge in [-0.3, -0.25) is 4.79 Å². The molecule has 1 fully saturated rings. The first-order valence-corrected chi connectivity index (χ1v) is 4.75. The number of carbonyl (C=O) groups is 1. The molecule has 1 aliphatic rings. The maximum atomic E-state index is 13.2. The summed E-state index contributed by atoms with van der Waals surface area (Å²) in [4.78, 5) is 13.0. The Labute approximate surface area is 78.4 Å². The molecule has 2 nitrogen and oxygen atoms in total. The van der Waals surface area contributed by atoms with Gasteiger partial charge in [0.25, 0.3) is 5.91 Å². The number of hydrogen-bond acceptors (Lipinski definition) is 1. The Bertz CT molecular complexity index is 225. The molecule has 0 atom stereocenters. The zero-order valence-corrected chi connectivity index (χ0v) is 8.27. The number of nitrogens with zero attached hydrogens (tertiary/aromatic N) is 1. The van der Waals surface area contributed by atoms with Crippen LogP contribution in [-0.4, -0.2) is 23.9 Å². The molecule has 1 amide bonds. The summed E-state index contributed by atoms with van der Waals surface area (Å²) in [5.41, 5.74) is 0.468. The topological polar surface area (TPSA) is 20.3 Å². The predicted octanol–water partition coefficient (Wildman–Crippen LogP) is 2.26. The lowest BCUT2D eigenvalue weighted by atomic mass is 10.1. The molecule has 3 heteroatoms. The van der Waals surface area contributed by atoms with E-state index in [2.05, 4.69) is 0 Å². The van der Waals surface area contributed by atoms with Crippen molar-refractivity contribution in [2.45, 2.75) is 33.1 Å². The Balaban J connectivity index is 2.61. The van der Waals surface area contributed by atoms with Gasteiger partial charge in [-0.05, 0) is 38.7 Å². The highest BCUT2D eigenvalue weighted by atomic mass is 19.1. The molecule has 1 saturated heterocycles. The molecule has 74 valence electrons. The number of likely N-dealkylation sites (tertiary alicyclic amines) is 1. The summed E-state index contributed by atoms with van der Waals surface area (Å²) < 4.78 is 13.2. The van der Waals surface area contributed by atoms with Crippen LogP contribution < -0.4 is 0 Å². The van der Waals surface area contributed by atoms with Crippen molar-refractivity contribution in [1.82, 2.24) is 4.90 Å². The minimum Gasteiger partial charge on any atom is -0.337 e. The highest BCUT2D eigenvalue weighted by Gasteiger charge is 2.20. The van der Waals surface area contributed by atoms with Crippen LogP contribution in [0.25, 0.3) is 0 Å². The second-order valence-corrected chi connectivity index (χ2v) is 3.67. The Morgan fingerprint density at radius 2 is 1.69 bits per heavy atom. The van der Waals surface area contributed by atoms with Crippen molar-refractivity contribution in [1.29, 1.82) is 0 Å². The van der Waals surface area contributed by atoms with E-state index in [-0.39, 0.29) is 0 Å². The second kappa shape index (κ2) is 4.40. The highest BCUT2D eigenvalue weighted by molar-refractivity contribution is 5.91. The van der Waals surface area contributed by atoms with Gasteiger partial charge in [-0.15, -0.1) is 0 Å². The molecule has 0 bridgehead atoms. The van der Waals surface area contributed by atoms with Gasteiger partial charge in [0.2, 0.25) is 0 Å². The van der Waals surface area contributed by atoms with E-state index in [0.717, 1.165) is 19.3 Å². The number of piperidine rings is 1. The van der Waals surface area contributed by atoms with E-state index in [9.17, 15) is 9.18 Å². The zero-order chi connectivity index (χ0) is 9.84. The fourth-order valence-electron chi connectivity index (χ4n) is 1.45. The van der Waals surface area contributed by atoms with E-state index in [0.29, 0.717) is 18.7 Å². The van der Waals surface area contributed by atoms with Gasteiger partial charge in [-0.2, -0.15) is 0 Å². The van der Waals surface area contributed by atoms with Crippen molar-refractivity contribution in [3.63, 3.8) is 0 Å². The maximum absolute atomic E-state index is 13.2. The quantitative estimate of drug-likeness (QED) is 0.574. The molecule has 0 aliphatic carbocycles. The molecule has 1 aliphatic heterocycles. The van der Waals surface area contributed by atoms with Crippen molar-refractivity contribution in [2.75, 3.05) is 13.1 Å². The molecule has 0 aromatic heterocycles. The summed E-state index contributed by atoms with van der Waals surface area (Å²) in [6, 6.07) is 0. The number of halogens is 1. The molecule has 0 unspecified atom stereocenters. The van der Waals surface area contributed by atoms with Crippen molar-refractivity contribution in [3.8, 4) is 0 Å². The summed E-state index contributed by atoms with van der Waals surface area (Å²) in [5, 5.41) is 0. The molecular weight excluding hydrogens is 169 g/mol. The van der Waals surface area contributed by atoms with Crippen molar-refractivity contribution in [3.05, 3.63) is 11.4 Å². The van der Waals surface area contributed by atoms with E-state index in [1.807, 2.05) is 0 Å². The Hall–Kier alpha value is -0.860. The lowest BCUT2D eigenvalue weighted by Gasteiger charge is -2.26. The number of rotatable bonds is 1. The Morgan fingerprint density at radius 1 is 1.15 bits per heavy atom. The normalized spacial score (nSPS) is 17.0. The van der Waals surface area contributed by atoms with Crippen LogP contribution in [0.4, 0.5) is 4.39 Å². The van der Waals surface area contributed by atoms with Gasteiger partial charge in [0.05, 0.1) is 0 Å². The van der Waals surface area contributed by atoms with Gasteiger partial charge in [0.1, 0.15) is 0 Å². The summed E-state index contributed by atoms with van der Waals surface area (Å²) in [6.07, 6.45) is 3.16. The average Bonchev–Trinajstić information content (AvgIpc) is 2.17. The first-order chi connectivity index (χ1) is 6.13. The number of allylic oxidation sites excluding steroid dienone is 1. The van der Waals surface area contributed by atoms with Gasteiger partial charge in [0, 0.05) is 13.1 Å². The third-order valence-electron chi connectivity index (χ3n) is 2.27. The molecule has 1 rings (SSSR count). The van der Waals surface area contributed by atoms with Crippen LogP contribution in [0.3, 0.4) is 0 Å². The first kappa shape index (κ1) is 10.2. The zero-order valence-electron chi connectivity index (χ0n) is 8.27. The van der Waals surface area contributed by atoms with Crippen LogP contribution in [-0.2, 0) is 4.79 Å². The summed E-state index contributed by atoms with van der Waals surface area (Å²) in [6.45, 7) is 4.66. The van der Waals surface area contributed by atoms with Crippen LogP contribution >= 0.6 is 0 Å². The first-order valence-electron chi connectivity index (χ1n) is 4.75. The third kappa shape index (κ3) is 2.54. The van der Waals surface area contributed by atoms with Gasteiger partial charge in [-0.25, -0.2) is 4.39 Å². The summed E-state index contributed by atoms with van der Waals surface area (Å²) >= 11 is 0. The smallest absolute Gasteiger partial charge is 0.282 e. The SMILES string of the molecule is CC(C)=C(F)C(=O)N1CCCCC1. The minimum absolute atomic E-state index is 0.431. The molecule has 0 radical (unpaired) electrons. The van der Waals surface area contributed by atoms with E-state index in [4.69, 9.17) is 0 Å². The summed E-state index contributed by atoms with van der Waals surface area (Å²) in [5.74, 6) is -1.01. The fraction of sp³-hybridized carbons (Fsp3) is 0.700. The highest BCUT2D eigenvalue weighted by Crippen LogP contribution is 2.14. The fourth-order valence-corrected chi connectivity index (χ4v) is 1.45. The Morgan fingerprint density at radius 3 is 2.15 bits per heavy atom. The minimum atomic E-state index is -0.582. The van der Waals surface area contributed by atoms with Crippen LogP contribution in [0.1, 0.15) is 33.1 Å². The molecule has 0 saturated carbocycles. The van der Waals surface area contributed by atoms with E-state index in [1.165, 1.54) is 0 Å². The van der Waals surface area contributed by atoms with Gasteiger partial charge < -0.3 is 4.90 Å². The van der Waals surface area contributed by atoms with Gasteiger partial charge >= 0.3 is 0 Å². The molecule has 0 aromatic rings. The lowest BCUT2D eigenvalue weighted by molar-refractivity contribution is -0.129. The summed E-state index contributed by atoms with van der Waals surface area (Å²) in [7, 11) is 0. The molecule has 1 heterocycles. The molecule has 0 N–H and O–H groups in total. The number of amides is 1. The van der Waals surface area contributed by atoms with Crippen molar-refractivity contribution in [2.24, 2.45) is 0 Å². The monoisotopic (exact) mass is 185 g/mol. The average molecular weight is 185 g/mol. The lowest BCUT2D eigenvalue weighted by Crippen LogP contribution is -2.36. The third-order valence-corrected chi connectivity index (χ3v) is 2.27.